The van der Waals surface area contributed by atoms with E-state index in [1.54, 1.807) is 29.4 Å². The van der Waals surface area contributed by atoms with Crippen LogP contribution >= 0.6 is 0 Å². The van der Waals surface area contributed by atoms with Crippen LogP contribution in [0.3, 0.4) is 0 Å². The van der Waals surface area contributed by atoms with Crippen molar-refractivity contribution in [3.05, 3.63) is 65.1 Å². The number of hydrogen-bond donors (Lipinski definition) is 2. The normalized spacial score (nSPS) is 24.3. The monoisotopic (exact) mass is 753 g/mol. The van der Waals surface area contributed by atoms with Crippen LogP contribution in [0.15, 0.2) is 42.7 Å². The number of halogens is 2. The maximum atomic E-state index is 14.2. The minimum atomic E-state index is -2.72. The number of hydrogen-bond acceptors (Lipinski definition) is 11. The van der Waals surface area contributed by atoms with E-state index in [-0.39, 0.29) is 32.4 Å². The Labute approximate surface area is 317 Å². The third-order valence-corrected chi connectivity index (χ3v) is 12.8. The molecular formula is C40H45F2N9O4. The average molecular weight is 754 g/mol. The Morgan fingerprint density at radius 1 is 0.818 bits per heavy atom. The molecule has 0 radical (unpaired) electrons. The molecule has 288 valence electrons. The van der Waals surface area contributed by atoms with Gasteiger partial charge in [-0.3, -0.25) is 34.4 Å². The first-order valence-electron chi connectivity index (χ1n) is 19.5. The fourth-order valence-corrected chi connectivity index (χ4v) is 9.62. The molecule has 4 amide bonds. The molecule has 5 fully saturated rings. The summed E-state index contributed by atoms with van der Waals surface area (Å²) in [5.41, 5.74) is 3.74. The van der Waals surface area contributed by atoms with E-state index in [0.717, 1.165) is 86.5 Å². The second-order valence-corrected chi connectivity index (χ2v) is 16.4. The van der Waals surface area contributed by atoms with E-state index in [2.05, 4.69) is 30.4 Å². The Morgan fingerprint density at radius 3 is 2.25 bits per heavy atom. The van der Waals surface area contributed by atoms with Crippen molar-refractivity contribution in [2.45, 2.75) is 88.6 Å². The number of likely N-dealkylation sites (tertiary alicyclic amines) is 1. The van der Waals surface area contributed by atoms with Crippen LogP contribution in [0.1, 0.15) is 95.7 Å². The number of aryl methyl sites for hydroxylation is 1. The zero-order valence-corrected chi connectivity index (χ0v) is 30.9. The van der Waals surface area contributed by atoms with Crippen LogP contribution in [0.5, 0.6) is 0 Å². The molecule has 0 bridgehead atoms. The summed E-state index contributed by atoms with van der Waals surface area (Å²) in [5.74, 6) is -2.67. The minimum absolute atomic E-state index is 0.0905. The third-order valence-electron chi connectivity index (χ3n) is 12.8. The number of benzene rings is 1. The first kappa shape index (κ1) is 35.6. The number of pyridine rings is 1. The highest BCUT2D eigenvalue weighted by molar-refractivity contribution is 6.23. The zero-order chi connectivity index (χ0) is 38.1. The summed E-state index contributed by atoms with van der Waals surface area (Å²) >= 11 is 0. The molecule has 2 aromatic heterocycles. The van der Waals surface area contributed by atoms with Crippen LogP contribution in [0.2, 0.25) is 0 Å². The number of nitrogens with zero attached hydrogens (tertiary/aromatic N) is 7. The lowest BCUT2D eigenvalue weighted by atomic mass is 9.59. The van der Waals surface area contributed by atoms with Crippen LogP contribution in [-0.4, -0.2) is 106 Å². The summed E-state index contributed by atoms with van der Waals surface area (Å²) in [6.45, 7) is 5.52. The Hall–Kier alpha value is -5.05. The number of anilines is 4. The predicted octanol–water partition coefficient (Wildman–Crippen LogP) is 4.80. The van der Waals surface area contributed by atoms with E-state index in [0.29, 0.717) is 46.0 Å². The molecule has 13 nitrogen and oxygen atoms in total. The third kappa shape index (κ3) is 6.80. The Balaban J connectivity index is 0.800. The van der Waals surface area contributed by atoms with Crippen molar-refractivity contribution in [3.8, 4) is 0 Å². The van der Waals surface area contributed by atoms with Gasteiger partial charge in [0.25, 0.3) is 17.7 Å². The van der Waals surface area contributed by atoms with Crippen molar-refractivity contribution in [2.75, 3.05) is 54.4 Å². The van der Waals surface area contributed by atoms with Crippen molar-refractivity contribution in [1.82, 2.24) is 30.1 Å². The molecule has 9 rings (SSSR count). The Kier molecular flexibility index (Phi) is 8.82. The molecule has 1 spiro atoms. The quantitative estimate of drug-likeness (QED) is 0.322. The highest BCUT2D eigenvalue weighted by Gasteiger charge is 2.49. The van der Waals surface area contributed by atoms with Crippen LogP contribution in [0.4, 0.5) is 31.9 Å². The molecule has 15 heteroatoms. The highest BCUT2D eigenvalue weighted by Crippen LogP contribution is 2.52. The fraction of sp³-hybridized carbons (Fsp3) is 0.525. The largest absolute Gasteiger partial charge is 0.371 e. The van der Waals surface area contributed by atoms with E-state index < -0.39 is 35.6 Å². The summed E-state index contributed by atoms with van der Waals surface area (Å²) in [4.78, 5) is 71.7. The van der Waals surface area contributed by atoms with Gasteiger partial charge in [-0.15, -0.1) is 0 Å². The number of rotatable bonds is 7. The highest BCUT2D eigenvalue weighted by atomic mass is 19.3. The van der Waals surface area contributed by atoms with Gasteiger partial charge < -0.3 is 20.0 Å². The number of piperidine rings is 3. The lowest BCUT2D eigenvalue weighted by Crippen LogP contribution is -2.56. The fourth-order valence-electron chi connectivity index (χ4n) is 9.62. The van der Waals surface area contributed by atoms with Gasteiger partial charge >= 0.3 is 0 Å². The summed E-state index contributed by atoms with van der Waals surface area (Å²) in [5, 5.41) is 5.50. The van der Waals surface area contributed by atoms with Crippen molar-refractivity contribution >= 4 is 46.8 Å². The summed E-state index contributed by atoms with van der Waals surface area (Å²) in [6.07, 6.45) is 9.81. The van der Waals surface area contributed by atoms with Crippen LogP contribution in [0, 0.1) is 12.3 Å². The predicted molar refractivity (Wildman–Crippen MR) is 200 cm³/mol. The molecule has 3 aromatic rings. The molecule has 1 saturated carbocycles. The summed E-state index contributed by atoms with van der Waals surface area (Å²) < 4.78 is 28.4. The standard InChI is InChI=1S/C40H45F2N9O4/c1-24-21-44-33(22-43-24)45-32-16-26(17-34(46-32)50-15-10-40(41,42)23-50)25-6-11-48(12-7-25)28-19-39(20-28)8-13-49(14-9-39)27-2-3-29-30(18-27)38(55)51(37(29)54)31-4-5-35(52)47-36(31)53/h2-3,16-18,21-22,25,28,31H,4-15,19-20,23H2,1H3,(H,44,45,46)(H,47,52,53). The van der Waals surface area contributed by atoms with Gasteiger partial charge in [-0.25, -0.2) is 18.7 Å². The minimum Gasteiger partial charge on any atom is -0.371 e. The molecule has 1 aromatic carbocycles. The molecule has 4 saturated heterocycles. The topological polar surface area (TPSA) is 144 Å². The Bertz CT molecular complexity index is 2040. The maximum Gasteiger partial charge on any atom is 0.266 e. The molecule has 1 unspecified atom stereocenters. The number of alkyl halides is 2. The number of carbonyl (C=O) groups is 4. The molecule has 6 aliphatic rings. The number of fused-ring (bicyclic) bond motifs is 1. The van der Waals surface area contributed by atoms with E-state index >= 15 is 0 Å². The molecule has 1 aliphatic carbocycles. The lowest BCUT2D eigenvalue weighted by molar-refractivity contribution is -0.136. The van der Waals surface area contributed by atoms with Gasteiger partial charge in [0.1, 0.15) is 23.5 Å². The number of aromatic nitrogens is 3. The van der Waals surface area contributed by atoms with Gasteiger partial charge in [0.05, 0.1) is 35.8 Å². The van der Waals surface area contributed by atoms with Crippen molar-refractivity contribution in [2.24, 2.45) is 5.41 Å². The van der Waals surface area contributed by atoms with Crippen molar-refractivity contribution in [3.63, 3.8) is 0 Å². The van der Waals surface area contributed by atoms with Gasteiger partial charge in [-0.2, -0.15) is 0 Å². The number of imide groups is 2. The SMILES string of the molecule is Cc1cnc(Nc2cc(C3CCN(C4CC5(CCN(c6ccc7c(c6)C(=O)N(C6CCC(=O)NC6=O)C7=O)CC5)C4)CC3)cc(N3CCC(F)(F)C3)n2)cn1. The average Bonchev–Trinajstić information content (AvgIpc) is 3.66. The zero-order valence-electron chi connectivity index (χ0n) is 30.9. The smallest absolute Gasteiger partial charge is 0.266 e. The van der Waals surface area contributed by atoms with Gasteiger partial charge in [0.15, 0.2) is 0 Å². The van der Waals surface area contributed by atoms with E-state index in [4.69, 9.17) is 4.98 Å². The summed E-state index contributed by atoms with van der Waals surface area (Å²) in [7, 11) is 0. The van der Waals surface area contributed by atoms with Crippen LogP contribution in [0.25, 0.3) is 0 Å². The second-order valence-electron chi connectivity index (χ2n) is 16.4. The Morgan fingerprint density at radius 2 is 1.56 bits per heavy atom. The van der Waals surface area contributed by atoms with Gasteiger partial charge in [0, 0.05) is 44.2 Å². The summed E-state index contributed by atoms with van der Waals surface area (Å²) in [6, 6.07) is 8.99. The van der Waals surface area contributed by atoms with Crippen LogP contribution < -0.4 is 20.4 Å². The van der Waals surface area contributed by atoms with E-state index in [1.165, 1.54) is 0 Å². The molecule has 1 atom stereocenters. The first-order valence-corrected chi connectivity index (χ1v) is 19.5. The van der Waals surface area contributed by atoms with Gasteiger partial charge in [-0.1, -0.05) is 0 Å². The van der Waals surface area contributed by atoms with Gasteiger partial charge in [0.2, 0.25) is 11.8 Å². The molecule has 5 aliphatic heterocycles. The molecule has 7 heterocycles. The lowest BCUT2D eigenvalue weighted by Gasteiger charge is -2.56. The van der Waals surface area contributed by atoms with E-state index in [9.17, 15) is 28.0 Å². The molecule has 2 N–H and O–H groups in total. The molecular weight excluding hydrogens is 708 g/mol. The van der Waals surface area contributed by atoms with Crippen molar-refractivity contribution < 1.29 is 28.0 Å². The van der Waals surface area contributed by atoms with E-state index in [1.807, 2.05) is 25.1 Å². The van der Waals surface area contributed by atoms with Crippen LogP contribution in [-0.2, 0) is 9.59 Å². The number of carbonyl (C=O) groups excluding carboxylic acids is 4. The first-order chi connectivity index (χ1) is 26.4. The van der Waals surface area contributed by atoms with Crippen molar-refractivity contribution in [1.29, 1.82) is 0 Å². The number of amides is 4. The second kappa shape index (κ2) is 13.6. The maximum absolute atomic E-state index is 14.2. The molecule has 55 heavy (non-hydrogen) atoms. The van der Waals surface area contributed by atoms with Gasteiger partial charge in [-0.05, 0) is 112 Å². The number of nitrogens with one attached hydrogen (secondary N) is 2.